The zero-order chi connectivity index (χ0) is 18.1. The average Bonchev–Trinajstić information content (AvgIpc) is 3.23. The summed E-state index contributed by atoms with van der Waals surface area (Å²) in [7, 11) is 0. The molecule has 9 heteroatoms. The molecule has 2 aliphatic heterocycles. The number of hydrogen-bond acceptors (Lipinski definition) is 6. The predicted octanol–water partition coefficient (Wildman–Crippen LogP) is 2.44. The maximum Gasteiger partial charge on any atom is 0.239 e. The van der Waals surface area contributed by atoms with Crippen LogP contribution in [0.4, 0.5) is 5.69 Å². The van der Waals surface area contributed by atoms with Crippen molar-refractivity contribution in [3.63, 3.8) is 0 Å². The molecule has 26 heavy (non-hydrogen) atoms. The Labute approximate surface area is 160 Å². The highest BCUT2D eigenvalue weighted by Crippen LogP contribution is 2.28. The quantitative estimate of drug-likeness (QED) is 0.870. The van der Waals surface area contributed by atoms with E-state index < -0.39 is 0 Å². The molecule has 0 saturated heterocycles. The van der Waals surface area contributed by atoms with E-state index >= 15 is 0 Å². The minimum absolute atomic E-state index is 0.0829. The molecule has 4 rings (SSSR count). The van der Waals surface area contributed by atoms with Gasteiger partial charge in [0.1, 0.15) is 12.2 Å². The van der Waals surface area contributed by atoms with Crippen molar-refractivity contribution in [2.45, 2.75) is 19.5 Å². The van der Waals surface area contributed by atoms with Crippen molar-refractivity contribution in [2.75, 3.05) is 18.1 Å². The lowest BCUT2D eigenvalue weighted by Gasteiger charge is -2.14. The highest BCUT2D eigenvalue weighted by Gasteiger charge is 2.24. The molecule has 7 nitrogen and oxygen atoms in total. The molecule has 0 aliphatic carbocycles. The number of amidine groups is 1. The van der Waals surface area contributed by atoms with Crippen LogP contribution in [0.2, 0.25) is 10.0 Å². The molecule has 0 atom stereocenters. The normalized spacial score (nSPS) is 16.5. The van der Waals surface area contributed by atoms with Crippen LogP contribution in [0.15, 0.2) is 35.8 Å². The third kappa shape index (κ3) is 3.65. The number of anilines is 1. The number of halogens is 2. The van der Waals surface area contributed by atoms with Gasteiger partial charge in [0.25, 0.3) is 0 Å². The van der Waals surface area contributed by atoms with Crippen LogP contribution in [0.5, 0.6) is 0 Å². The van der Waals surface area contributed by atoms with E-state index in [2.05, 4.69) is 20.4 Å². The molecular formula is C17H16Cl2N6O. The van der Waals surface area contributed by atoms with Crippen LogP contribution in [0, 0.1) is 0 Å². The van der Waals surface area contributed by atoms with Crippen molar-refractivity contribution in [3.8, 4) is 0 Å². The summed E-state index contributed by atoms with van der Waals surface area (Å²) in [5.74, 6) is 0.568. The van der Waals surface area contributed by atoms with E-state index in [0.29, 0.717) is 48.5 Å². The van der Waals surface area contributed by atoms with E-state index in [9.17, 15) is 4.79 Å². The van der Waals surface area contributed by atoms with Crippen molar-refractivity contribution in [1.82, 2.24) is 20.2 Å². The van der Waals surface area contributed by atoms with Gasteiger partial charge in [-0.15, -0.1) is 0 Å². The van der Waals surface area contributed by atoms with E-state index in [1.54, 1.807) is 23.3 Å². The smallest absolute Gasteiger partial charge is 0.239 e. The molecule has 0 saturated carbocycles. The van der Waals surface area contributed by atoms with Crippen molar-refractivity contribution in [3.05, 3.63) is 52.0 Å². The molecule has 0 bridgehead atoms. The SMILES string of the molecule is O=C(CN1Cc2cncnc2C1)NC1=NN(c2ccc(Cl)c(Cl)c2)CC1. The number of hydrogen-bond donors (Lipinski definition) is 1. The Bertz CT molecular complexity index is 862. The molecule has 0 spiro atoms. The van der Waals surface area contributed by atoms with Gasteiger partial charge in [-0.3, -0.25) is 14.7 Å². The molecular weight excluding hydrogens is 375 g/mol. The van der Waals surface area contributed by atoms with Crippen LogP contribution in [-0.2, 0) is 17.9 Å². The highest BCUT2D eigenvalue weighted by atomic mass is 35.5. The molecule has 1 aromatic carbocycles. The van der Waals surface area contributed by atoms with E-state index in [-0.39, 0.29) is 5.91 Å². The Hall–Kier alpha value is -2.22. The van der Waals surface area contributed by atoms with E-state index in [4.69, 9.17) is 23.2 Å². The number of benzene rings is 1. The zero-order valence-electron chi connectivity index (χ0n) is 13.8. The number of carbonyl (C=O) groups excluding carboxylic acids is 1. The zero-order valence-corrected chi connectivity index (χ0v) is 15.3. The predicted molar refractivity (Wildman–Crippen MR) is 100 cm³/mol. The summed E-state index contributed by atoms with van der Waals surface area (Å²) in [5, 5.41) is 10.1. The fraction of sp³-hybridized carbons (Fsp3) is 0.294. The van der Waals surface area contributed by atoms with Gasteiger partial charge in [0.2, 0.25) is 5.91 Å². The Morgan fingerprint density at radius 2 is 2.12 bits per heavy atom. The van der Waals surface area contributed by atoms with E-state index in [1.165, 1.54) is 6.33 Å². The Balaban J connectivity index is 1.34. The van der Waals surface area contributed by atoms with Gasteiger partial charge >= 0.3 is 0 Å². The lowest BCUT2D eigenvalue weighted by molar-refractivity contribution is -0.121. The molecule has 1 amide bonds. The van der Waals surface area contributed by atoms with Crippen molar-refractivity contribution >= 4 is 40.6 Å². The number of rotatable bonds is 3. The van der Waals surface area contributed by atoms with Crippen LogP contribution in [0.25, 0.3) is 0 Å². The summed E-state index contributed by atoms with van der Waals surface area (Å²) in [4.78, 5) is 22.6. The maximum absolute atomic E-state index is 12.3. The van der Waals surface area contributed by atoms with E-state index in [1.807, 2.05) is 11.0 Å². The minimum atomic E-state index is -0.0829. The fourth-order valence-electron chi connectivity index (χ4n) is 3.06. The minimum Gasteiger partial charge on any atom is -0.312 e. The molecule has 1 N–H and O–H groups in total. The summed E-state index contributed by atoms with van der Waals surface area (Å²) in [6.45, 7) is 2.32. The second-order valence-electron chi connectivity index (χ2n) is 6.21. The molecule has 1 aromatic heterocycles. The first kappa shape index (κ1) is 17.2. The number of nitrogens with zero attached hydrogens (tertiary/aromatic N) is 5. The topological polar surface area (TPSA) is 73.7 Å². The van der Waals surface area contributed by atoms with Crippen LogP contribution in [-0.4, -0.2) is 39.7 Å². The first-order valence-electron chi connectivity index (χ1n) is 8.18. The second-order valence-corrected chi connectivity index (χ2v) is 7.02. The fourth-order valence-corrected chi connectivity index (χ4v) is 3.35. The summed E-state index contributed by atoms with van der Waals surface area (Å²) < 4.78 is 0. The van der Waals surface area contributed by atoms with Gasteiger partial charge in [0.05, 0.1) is 28.0 Å². The molecule has 134 valence electrons. The lowest BCUT2D eigenvalue weighted by atomic mass is 10.3. The van der Waals surface area contributed by atoms with Gasteiger partial charge in [0.15, 0.2) is 0 Å². The van der Waals surface area contributed by atoms with Crippen molar-refractivity contribution < 1.29 is 4.79 Å². The number of hydrazone groups is 1. The monoisotopic (exact) mass is 390 g/mol. The maximum atomic E-state index is 12.3. The van der Waals surface area contributed by atoms with Gasteiger partial charge in [-0.2, -0.15) is 5.10 Å². The number of amides is 1. The van der Waals surface area contributed by atoms with Crippen molar-refractivity contribution in [1.29, 1.82) is 0 Å². The Kier molecular flexibility index (Phi) is 4.76. The summed E-state index contributed by atoms with van der Waals surface area (Å²) in [6, 6.07) is 5.35. The van der Waals surface area contributed by atoms with Gasteiger partial charge in [-0.1, -0.05) is 23.2 Å². The highest BCUT2D eigenvalue weighted by molar-refractivity contribution is 6.42. The number of carbonyl (C=O) groups is 1. The Morgan fingerprint density at radius 1 is 1.23 bits per heavy atom. The molecule has 0 fully saturated rings. The molecule has 0 unspecified atom stereocenters. The molecule has 2 aliphatic rings. The van der Waals surface area contributed by atoms with Gasteiger partial charge < -0.3 is 5.32 Å². The van der Waals surface area contributed by atoms with Crippen LogP contribution in [0.3, 0.4) is 0 Å². The average molecular weight is 391 g/mol. The van der Waals surface area contributed by atoms with Gasteiger partial charge in [-0.25, -0.2) is 9.97 Å². The summed E-state index contributed by atoms with van der Waals surface area (Å²) >= 11 is 12.0. The second kappa shape index (κ2) is 7.19. The van der Waals surface area contributed by atoms with Crippen LogP contribution in [0.1, 0.15) is 17.7 Å². The summed E-state index contributed by atoms with van der Waals surface area (Å²) in [5.41, 5.74) is 2.90. The largest absolute Gasteiger partial charge is 0.312 e. The number of nitrogens with one attached hydrogen (secondary N) is 1. The summed E-state index contributed by atoms with van der Waals surface area (Å²) in [6.07, 6.45) is 4.00. The standard InChI is InChI=1S/C17H16Cl2N6O/c18-13-2-1-12(5-14(13)19)25-4-3-16(23-25)22-17(26)9-24-7-11-6-20-10-21-15(11)8-24/h1-2,5-6,10H,3-4,7-9H2,(H,22,23,26). The molecule has 3 heterocycles. The van der Waals surface area contributed by atoms with Crippen molar-refractivity contribution in [2.24, 2.45) is 5.10 Å². The number of fused-ring (bicyclic) bond motifs is 1. The third-order valence-corrected chi connectivity index (χ3v) is 5.04. The molecule has 2 aromatic rings. The van der Waals surface area contributed by atoms with Gasteiger partial charge in [-0.05, 0) is 18.2 Å². The first-order valence-corrected chi connectivity index (χ1v) is 8.94. The third-order valence-electron chi connectivity index (χ3n) is 4.30. The number of aromatic nitrogens is 2. The van der Waals surface area contributed by atoms with Crippen LogP contribution < -0.4 is 10.3 Å². The lowest BCUT2D eigenvalue weighted by Crippen LogP contribution is -2.37. The Morgan fingerprint density at radius 3 is 2.92 bits per heavy atom. The first-order chi connectivity index (χ1) is 12.6. The molecule has 0 radical (unpaired) electrons. The van der Waals surface area contributed by atoms with E-state index in [0.717, 1.165) is 16.9 Å². The van der Waals surface area contributed by atoms with Crippen LogP contribution >= 0.6 is 23.2 Å². The van der Waals surface area contributed by atoms with Gasteiger partial charge in [0, 0.05) is 37.8 Å².